The Bertz CT molecular complexity index is 528. The van der Waals surface area contributed by atoms with E-state index in [0.29, 0.717) is 12.3 Å². The largest absolute Gasteiger partial charge is 0.436 e. The van der Waals surface area contributed by atoms with Crippen molar-refractivity contribution in [3.05, 3.63) is 47.7 Å². The van der Waals surface area contributed by atoms with E-state index in [1.807, 2.05) is 12.1 Å². The molecule has 0 bridgehead atoms. The Morgan fingerprint density at radius 3 is 2.61 bits per heavy atom. The lowest BCUT2D eigenvalue weighted by atomic mass is 10.1. The quantitative estimate of drug-likeness (QED) is 0.899. The van der Waals surface area contributed by atoms with Crippen LogP contribution in [-0.2, 0) is 6.42 Å². The first-order chi connectivity index (χ1) is 8.70. The van der Waals surface area contributed by atoms with Crippen LogP contribution in [0.15, 0.2) is 30.6 Å². The second-order valence-electron chi connectivity index (χ2n) is 3.86. The topological polar surface area (TPSA) is 61.0 Å². The molecule has 0 saturated carbocycles. The molecule has 0 aliphatic carbocycles. The number of aromatic nitrogens is 2. The van der Waals surface area contributed by atoms with Gasteiger partial charge < -0.3 is 10.5 Å². The van der Waals surface area contributed by atoms with Crippen molar-refractivity contribution in [1.82, 2.24) is 9.97 Å². The van der Waals surface area contributed by atoms with Crippen LogP contribution in [0.25, 0.3) is 0 Å². The van der Waals surface area contributed by atoms with Crippen LogP contribution in [0.1, 0.15) is 11.3 Å². The number of benzene rings is 1. The molecule has 0 atom stereocenters. The Hall–Kier alpha value is -2.01. The number of halogens is 1. The molecule has 0 saturated heterocycles. The average molecular weight is 247 g/mol. The molecule has 94 valence electrons. The van der Waals surface area contributed by atoms with Crippen LogP contribution < -0.4 is 10.5 Å². The maximum atomic E-state index is 13.6. The van der Waals surface area contributed by atoms with Gasteiger partial charge in [-0.05, 0) is 37.6 Å². The molecular formula is C13H14FN3O. The summed E-state index contributed by atoms with van der Waals surface area (Å²) in [7, 11) is 0. The highest BCUT2D eigenvalue weighted by Crippen LogP contribution is 2.23. The van der Waals surface area contributed by atoms with Gasteiger partial charge in [0.15, 0.2) is 0 Å². The van der Waals surface area contributed by atoms with Gasteiger partial charge in [0.05, 0.1) is 5.69 Å². The molecule has 1 aromatic heterocycles. The summed E-state index contributed by atoms with van der Waals surface area (Å²) < 4.78 is 19.0. The Labute approximate surface area is 105 Å². The summed E-state index contributed by atoms with van der Waals surface area (Å²) in [5.74, 6) is -0.0645. The second kappa shape index (κ2) is 5.55. The molecule has 0 unspecified atom stereocenters. The van der Waals surface area contributed by atoms with Gasteiger partial charge in [-0.15, -0.1) is 0 Å². The third kappa shape index (κ3) is 2.81. The van der Waals surface area contributed by atoms with Crippen LogP contribution in [0.2, 0.25) is 0 Å². The van der Waals surface area contributed by atoms with Crippen LogP contribution in [0.3, 0.4) is 0 Å². The van der Waals surface area contributed by atoms with E-state index in [0.717, 1.165) is 12.0 Å². The maximum absolute atomic E-state index is 13.6. The van der Waals surface area contributed by atoms with Crippen molar-refractivity contribution in [2.75, 3.05) is 6.54 Å². The molecule has 0 fully saturated rings. The second-order valence-corrected chi connectivity index (χ2v) is 3.86. The number of ether oxygens (including phenoxy) is 1. The fourth-order valence-corrected chi connectivity index (χ4v) is 1.51. The van der Waals surface area contributed by atoms with E-state index in [-0.39, 0.29) is 11.6 Å². The number of rotatable bonds is 4. The third-order valence-corrected chi connectivity index (χ3v) is 2.50. The van der Waals surface area contributed by atoms with Gasteiger partial charge in [0.2, 0.25) is 5.82 Å². The predicted molar refractivity (Wildman–Crippen MR) is 66.0 cm³/mol. The summed E-state index contributed by atoms with van der Waals surface area (Å²) in [6.07, 6.45) is 2.08. The van der Waals surface area contributed by atoms with E-state index in [9.17, 15) is 4.39 Å². The number of aryl methyl sites for hydroxylation is 1. The highest BCUT2D eigenvalue weighted by Gasteiger charge is 2.09. The van der Waals surface area contributed by atoms with E-state index in [1.54, 1.807) is 19.1 Å². The van der Waals surface area contributed by atoms with Crippen LogP contribution in [0.4, 0.5) is 4.39 Å². The van der Waals surface area contributed by atoms with Gasteiger partial charge in [0.1, 0.15) is 12.1 Å². The molecule has 1 heterocycles. The highest BCUT2D eigenvalue weighted by molar-refractivity contribution is 5.31. The standard InChI is InChI=1S/C13H14FN3O/c1-9-12(14)13(17-8-16-9)18-11-4-2-10(3-5-11)6-7-15/h2-5,8H,6-7,15H2,1H3. The lowest BCUT2D eigenvalue weighted by Crippen LogP contribution is -2.02. The van der Waals surface area contributed by atoms with Crippen molar-refractivity contribution in [2.24, 2.45) is 5.73 Å². The molecule has 4 nitrogen and oxygen atoms in total. The maximum Gasteiger partial charge on any atom is 0.259 e. The summed E-state index contributed by atoms with van der Waals surface area (Å²) in [5, 5.41) is 0. The van der Waals surface area contributed by atoms with Gasteiger partial charge in [0, 0.05) is 0 Å². The van der Waals surface area contributed by atoms with Crippen LogP contribution in [0.5, 0.6) is 11.6 Å². The molecule has 0 radical (unpaired) electrons. The van der Waals surface area contributed by atoms with E-state index < -0.39 is 5.82 Å². The first-order valence-electron chi connectivity index (χ1n) is 5.64. The van der Waals surface area contributed by atoms with Gasteiger partial charge in [-0.25, -0.2) is 4.98 Å². The molecule has 5 heteroatoms. The summed E-state index contributed by atoms with van der Waals surface area (Å²) in [6.45, 7) is 2.16. The normalized spacial score (nSPS) is 10.4. The van der Waals surface area contributed by atoms with E-state index in [2.05, 4.69) is 9.97 Å². The zero-order valence-electron chi connectivity index (χ0n) is 10.1. The Morgan fingerprint density at radius 2 is 1.94 bits per heavy atom. The monoisotopic (exact) mass is 247 g/mol. The molecule has 0 aliphatic rings. The summed E-state index contributed by atoms with van der Waals surface area (Å²) in [6, 6.07) is 7.33. The molecule has 2 rings (SSSR count). The Balaban J connectivity index is 2.16. The van der Waals surface area contributed by atoms with Crippen molar-refractivity contribution in [2.45, 2.75) is 13.3 Å². The van der Waals surface area contributed by atoms with Crippen LogP contribution >= 0.6 is 0 Å². The number of nitrogens with two attached hydrogens (primary N) is 1. The SMILES string of the molecule is Cc1ncnc(Oc2ccc(CCN)cc2)c1F. The molecule has 0 amide bonds. The third-order valence-electron chi connectivity index (χ3n) is 2.50. The first kappa shape index (κ1) is 12.4. The smallest absolute Gasteiger partial charge is 0.259 e. The van der Waals surface area contributed by atoms with E-state index >= 15 is 0 Å². The molecular weight excluding hydrogens is 233 g/mol. The van der Waals surface area contributed by atoms with Gasteiger partial charge >= 0.3 is 0 Å². The van der Waals surface area contributed by atoms with Crippen LogP contribution in [-0.4, -0.2) is 16.5 Å². The molecule has 2 N–H and O–H groups in total. The molecule has 1 aromatic carbocycles. The van der Waals surface area contributed by atoms with Crippen molar-refractivity contribution >= 4 is 0 Å². The zero-order chi connectivity index (χ0) is 13.0. The minimum atomic E-state index is -0.538. The van der Waals surface area contributed by atoms with Gasteiger partial charge in [-0.3, -0.25) is 0 Å². The fraction of sp³-hybridized carbons (Fsp3) is 0.231. The van der Waals surface area contributed by atoms with Crippen molar-refractivity contribution in [3.8, 4) is 11.6 Å². The van der Waals surface area contributed by atoms with Crippen molar-refractivity contribution in [1.29, 1.82) is 0 Å². The average Bonchev–Trinajstić information content (AvgIpc) is 2.38. The minimum Gasteiger partial charge on any atom is -0.436 e. The summed E-state index contributed by atoms with van der Waals surface area (Å²) in [4.78, 5) is 7.50. The molecule has 0 aliphatic heterocycles. The highest BCUT2D eigenvalue weighted by atomic mass is 19.1. The summed E-state index contributed by atoms with van der Waals surface area (Å²) >= 11 is 0. The first-order valence-corrected chi connectivity index (χ1v) is 5.64. The summed E-state index contributed by atoms with van der Waals surface area (Å²) in [5.41, 5.74) is 6.84. The van der Waals surface area contributed by atoms with Gasteiger partial charge in [-0.2, -0.15) is 9.37 Å². The predicted octanol–water partition coefficient (Wildman–Crippen LogP) is 2.22. The van der Waals surface area contributed by atoms with E-state index in [4.69, 9.17) is 10.5 Å². The molecule has 2 aromatic rings. The Morgan fingerprint density at radius 1 is 1.22 bits per heavy atom. The van der Waals surface area contributed by atoms with Crippen molar-refractivity contribution in [3.63, 3.8) is 0 Å². The lowest BCUT2D eigenvalue weighted by molar-refractivity contribution is 0.416. The minimum absolute atomic E-state index is 0.0610. The zero-order valence-corrected chi connectivity index (χ0v) is 10.1. The van der Waals surface area contributed by atoms with Gasteiger partial charge in [-0.1, -0.05) is 12.1 Å². The van der Waals surface area contributed by atoms with Crippen molar-refractivity contribution < 1.29 is 9.13 Å². The molecule has 0 spiro atoms. The fourth-order valence-electron chi connectivity index (χ4n) is 1.51. The number of hydrogen-bond acceptors (Lipinski definition) is 4. The van der Waals surface area contributed by atoms with Gasteiger partial charge in [0.25, 0.3) is 5.88 Å². The molecule has 18 heavy (non-hydrogen) atoms. The van der Waals surface area contributed by atoms with Crippen LogP contribution in [0, 0.1) is 12.7 Å². The van der Waals surface area contributed by atoms with E-state index in [1.165, 1.54) is 6.33 Å². The number of hydrogen-bond donors (Lipinski definition) is 1. The number of nitrogens with zero attached hydrogens (tertiary/aromatic N) is 2. The lowest BCUT2D eigenvalue weighted by Gasteiger charge is -2.07. The Kier molecular flexibility index (Phi) is 3.84.